The monoisotopic (exact) mass is 428 g/mol. The molecule has 0 saturated carbocycles. The molecule has 2 aliphatic heterocycles. The van der Waals surface area contributed by atoms with Gasteiger partial charge in [0.25, 0.3) is 5.91 Å². The number of para-hydroxylation sites is 2. The Balaban J connectivity index is 1.34. The Kier molecular flexibility index (Phi) is 5.45. The van der Waals surface area contributed by atoms with Gasteiger partial charge in [-0.15, -0.1) is 0 Å². The Labute approximate surface area is 187 Å². The summed E-state index contributed by atoms with van der Waals surface area (Å²) in [6.45, 7) is 5.45. The molecule has 3 aromatic rings. The summed E-state index contributed by atoms with van der Waals surface area (Å²) in [7, 11) is 0. The van der Waals surface area contributed by atoms with Crippen LogP contribution in [0, 0.1) is 12.7 Å². The number of nitrogens with zero attached hydrogens (tertiary/aromatic N) is 4. The summed E-state index contributed by atoms with van der Waals surface area (Å²) < 4.78 is 14.1. The van der Waals surface area contributed by atoms with Gasteiger partial charge >= 0.3 is 0 Å². The van der Waals surface area contributed by atoms with E-state index in [1.807, 2.05) is 72.5 Å². The van der Waals surface area contributed by atoms with Gasteiger partial charge in [0, 0.05) is 31.7 Å². The molecule has 0 radical (unpaired) electrons. The summed E-state index contributed by atoms with van der Waals surface area (Å²) in [5.74, 6) is -0.272. The fraction of sp³-hybridized carbons (Fsp3) is 0.231. The molecule has 0 aromatic heterocycles. The number of rotatable bonds is 4. The molecular weight excluding hydrogens is 403 g/mol. The van der Waals surface area contributed by atoms with E-state index in [1.165, 1.54) is 6.07 Å². The third-order valence-electron chi connectivity index (χ3n) is 6.05. The van der Waals surface area contributed by atoms with Crippen LogP contribution in [0.4, 0.5) is 21.5 Å². The van der Waals surface area contributed by atoms with Crippen molar-refractivity contribution in [3.05, 3.63) is 89.7 Å². The van der Waals surface area contributed by atoms with E-state index in [0.29, 0.717) is 18.1 Å². The van der Waals surface area contributed by atoms with Crippen molar-refractivity contribution in [1.29, 1.82) is 0 Å². The van der Waals surface area contributed by atoms with Crippen LogP contribution in [0.5, 0.6) is 0 Å². The average Bonchev–Trinajstić information content (AvgIpc) is 3.06. The van der Waals surface area contributed by atoms with Crippen LogP contribution < -0.4 is 9.80 Å². The number of hydrogen-bond donors (Lipinski definition) is 0. The molecule has 162 valence electrons. The Morgan fingerprint density at radius 1 is 0.875 bits per heavy atom. The van der Waals surface area contributed by atoms with E-state index < -0.39 is 0 Å². The predicted molar refractivity (Wildman–Crippen MR) is 126 cm³/mol. The predicted octanol–water partition coefficient (Wildman–Crippen LogP) is 4.38. The van der Waals surface area contributed by atoms with Gasteiger partial charge in [-0.1, -0.05) is 42.5 Å². The lowest BCUT2D eigenvalue weighted by Crippen LogP contribution is -2.51. The molecule has 5 rings (SSSR count). The van der Waals surface area contributed by atoms with Crippen molar-refractivity contribution < 1.29 is 9.18 Å². The zero-order valence-electron chi connectivity index (χ0n) is 18.0. The van der Waals surface area contributed by atoms with E-state index >= 15 is 0 Å². The van der Waals surface area contributed by atoms with Gasteiger partial charge in [-0.25, -0.2) is 9.38 Å². The number of anilines is 2. The first-order valence-electron chi connectivity index (χ1n) is 10.9. The first kappa shape index (κ1) is 20.4. The van der Waals surface area contributed by atoms with Gasteiger partial charge < -0.3 is 4.90 Å². The maximum absolute atomic E-state index is 14.1. The Bertz CT molecular complexity index is 1180. The molecule has 2 heterocycles. The van der Waals surface area contributed by atoms with Crippen molar-refractivity contribution in [3.63, 3.8) is 0 Å². The highest BCUT2D eigenvalue weighted by Crippen LogP contribution is 2.31. The van der Waals surface area contributed by atoms with Gasteiger partial charge in [-0.05, 0) is 42.8 Å². The van der Waals surface area contributed by atoms with Gasteiger partial charge in [0.15, 0.2) is 0 Å². The van der Waals surface area contributed by atoms with Gasteiger partial charge in [0.1, 0.15) is 11.5 Å². The molecule has 5 nitrogen and oxygen atoms in total. The van der Waals surface area contributed by atoms with E-state index in [9.17, 15) is 9.18 Å². The highest BCUT2D eigenvalue weighted by atomic mass is 19.1. The minimum absolute atomic E-state index is 0.0794. The average molecular weight is 429 g/mol. The zero-order chi connectivity index (χ0) is 22.1. The third-order valence-corrected chi connectivity index (χ3v) is 6.05. The zero-order valence-corrected chi connectivity index (χ0v) is 18.0. The molecule has 32 heavy (non-hydrogen) atoms. The molecule has 1 amide bonds. The topological polar surface area (TPSA) is 39.2 Å². The van der Waals surface area contributed by atoms with Crippen LogP contribution in [0.1, 0.15) is 11.1 Å². The number of amides is 1. The summed E-state index contributed by atoms with van der Waals surface area (Å²) in [6, 6.07) is 22.6. The Morgan fingerprint density at radius 2 is 1.59 bits per heavy atom. The number of carbonyl (C=O) groups is 1. The summed E-state index contributed by atoms with van der Waals surface area (Å²) >= 11 is 0. The summed E-state index contributed by atoms with van der Waals surface area (Å²) in [6.07, 6.45) is 0. The molecular formula is C26H25FN4O. The molecule has 0 N–H and O–H groups in total. The molecule has 2 aliphatic rings. The third kappa shape index (κ3) is 3.89. The summed E-state index contributed by atoms with van der Waals surface area (Å²) in [4.78, 5) is 24.2. The molecule has 0 atom stereocenters. The maximum atomic E-state index is 14.1. The second-order valence-electron chi connectivity index (χ2n) is 8.25. The number of aliphatic imine (C=N–C) groups is 1. The fourth-order valence-electron chi connectivity index (χ4n) is 4.38. The molecule has 3 aromatic carbocycles. The summed E-state index contributed by atoms with van der Waals surface area (Å²) in [5.41, 5.74) is 4.77. The Hall–Kier alpha value is -3.51. The smallest absolute Gasteiger partial charge is 0.278 e. The second kappa shape index (κ2) is 8.55. The van der Waals surface area contributed by atoms with Crippen molar-refractivity contribution >= 4 is 28.7 Å². The van der Waals surface area contributed by atoms with Crippen molar-refractivity contribution in [3.8, 4) is 0 Å². The maximum Gasteiger partial charge on any atom is 0.278 e. The number of fused-ring (bicyclic) bond motifs is 1. The minimum atomic E-state index is -0.193. The van der Waals surface area contributed by atoms with Crippen molar-refractivity contribution in [1.82, 2.24) is 4.90 Å². The molecule has 0 unspecified atom stereocenters. The number of benzene rings is 3. The van der Waals surface area contributed by atoms with E-state index in [1.54, 1.807) is 6.07 Å². The van der Waals surface area contributed by atoms with Gasteiger partial charge in [-0.2, -0.15) is 0 Å². The van der Waals surface area contributed by atoms with Crippen LogP contribution in [0.25, 0.3) is 0 Å². The Morgan fingerprint density at radius 3 is 2.34 bits per heavy atom. The first-order chi connectivity index (χ1) is 15.6. The highest BCUT2D eigenvalue weighted by molar-refractivity contribution is 6.54. The van der Waals surface area contributed by atoms with E-state index in [0.717, 1.165) is 48.7 Å². The lowest BCUT2D eigenvalue weighted by atomic mass is 10.1. The molecule has 0 bridgehead atoms. The van der Waals surface area contributed by atoms with Crippen LogP contribution in [0.2, 0.25) is 0 Å². The normalized spacial score (nSPS) is 17.8. The molecule has 0 spiro atoms. The van der Waals surface area contributed by atoms with Crippen LogP contribution >= 0.6 is 0 Å². The minimum Gasteiger partial charge on any atom is -0.367 e. The second-order valence-corrected chi connectivity index (χ2v) is 8.25. The SMILES string of the molecule is Cc1cccc(N=C2C(=O)N(CN3CCN(c4ccccc4F)CC3)c3ccccc32)c1. The molecule has 1 saturated heterocycles. The fourth-order valence-corrected chi connectivity index (χ4v) is 4.38. The highest BCUT2D eigenvalue weighted by Gasteiger charge is 2.35. The summed E-state index contributed by atoms with van der Waals surface area (Å²) in [5, 5.41) is 0. The lowest BCUT2D eigenvalue weighted by molar-refractivity contribution is -0.112. The van der Waals surface area contributed by atoms with Crippen molar-refractivity contribution in [2.45, 2.75) is 6.92 Å². The number of hydrogen-bond acceptors (Lipinski definition) is 4. The van der Waals surface area contributed by atoms with Crippen LogP contribution in [0.3, 0.4) is 0 Å². The molecule has 0 aliphatic carbocycles. The number of aryl methyl sites for hydroxylation is 1. The van der Waals surface area contributed by atoms with E-state index in [-0.39, 0.29) is 11.7 Å². The van der Waals surface area contributed by atoms with Crippen LogP contribution in [0.15, 0.2) is 77.8 Å². The first-order valence-corrected chi connectivity index (χ1v) is 10.9. The van der Waals surface area contributed by atoms with E-state index in [4.69, 9.17) is 4.99 Å². The standard InChI is InChI=1S/C26H25FN4O/c1-19-7-6-8-20(17-19)28-25-21-9-2-4-11-23(21)31(26(25)32)18-29-13-15-30(16-14-29)24-12-5-3-10-22(24)27/h2-12,17H,13-16,18H2,1H3. The van der Waals surface area contributed by atoms with Gasteiger partial charge in [0.2, 0.25) is 0 Å². The van der Waals surface area contributed by atoms with Crippen molar-refractivity contribution in [2.75, 3.05) is 42.6 Å². The molecule has 1 fully saturated rings. The number of piperazine rings is 1. The van der Waals surface area contributed by atoms with Gasteiger partial charge in [-0.3, -0.25) is 14.6 Å². The van der Waals surface area contributed by atoms with Crippen molar-refractivity contribution in [2.24, 2.45) is 4.99 Å². The van der Waals surface area contributed by atoms with Crippen LogP contribution in [-0.2, 0) is 4.79 Å². The van der Waals surface area contributed by atoms with Crippen LogP contribution in [-0.4, -0.2) is 49.4 Å². The molecule has 6 heteroatoms. The largest absolute Gasteiger partial charge is 0.367 e. The van der Waals surface area contributed by atoms with E-state index in [2.05, 4.69) is 9.80 Å². The number of carbonyl (C=O) groups excluding carboxylic acids is 1. The lowest BCUT2D eigenvalue weighted by Gasteiger charge is -2.37. The van der Waals surface area contributed by atoms with Gasteiger partial charge in [0.05, 0.1) is 23.7 Å². The number of halogens is 1. The quantitative estimate of drug-likeness (QED) is 0.619.